The first-order valence-electron chi connectivity index (χ1n) is 5.26. The number of carbonyl (C=O) groups is 1. The molecule has 1 aromatic carbocycles. The molecule has 0 heterocycles. The van der Waals surface area contributed by atoms with Crippen LogP contribution in [0.2, 0.25) is 0 Å². The minimum atomic E-state index is -0.823. The number of methoxy groups -OCH3 is 1. The van der Waals surface area contributed by atoms with Crippen LogP contribution < -0.4 is 10.5 Å². The van der Waals surface area contributed by atoms with Crippen LogP contribution in [0.5, 0.6) is 5.75 Å². The van der Waals surface area contributed by atoms with E-state index in [0.29, 0.717) is 5.75 Å². The zero-order chi connectivity index (χ0) is 11.7. The Morgan fingerprint density at radius 3 is 2.94 bits per heavy atom. The summed E-state index contributed by atoms with van der Waals surface area (Å²) in [7, 11) is 1.58. The van der Waals surface area contributed by atoms with E-state index in [0.717, 1.165) is 29.5 Å². The summed E-state index contributed by atoms with van der Waals surface area (Å²) in [5.74, 6) is -0.111. The first-order chi connectivity index (χ1) is 7.60. The van der Waals surface area contributed by atoms with Gasteiger partial charge in [-0.15, -0.1) is 0 Å². The molecule has 0 spiro atoms. The molecule has 4 heteroatoms. The molecule has 1 atom stereocenters. The fourth-order valence-electron chi connectivity index (χ4n) is 2.27. The zero-order valence-electron chi connectivity index (χ0n) is 9.19. The Hall–Kier alpha value is -1.55. The van der Waals surface area contributed by atoms with Crippen molar-refractivity contribution < 1.29 is 14.6 Å². The Kier molecular flexibility index (Phi) is 2.83. The zero-order valence-corrected chi connectivity index (χ0v) is 9.19. The maximum Gasteiger partial charge on any atom is 0.307 e. The maximum absolute atomic E-state index is 10.8. The second kappa shape index (κ2) is 4.14. The molecule has 1 aromatic rings. The van der Waals surface area contributed by atoms with Crippen LogP contribution in [-0.2, 0) is 24.1 Å². The molecule has 0 amide bonds. The van der Waals surface area contributed by atoms with Gasteiger partial charge in [-0.3, -0.25) is 4.79 Å². The number of fused-ring (bicyclic) bond motifs is 1. The molecule has 16 heavy (non-hydrogen) atoms. The number of benzene rings is 1. The highest BCUT2D eigenvalue weighted by Gasteiger charge is 2.23. The highest BCUT2D eigenvalue weighted by molar-refractivity contribution is 5.71. The number of ether oxygens (including phenoxy) is 1. The molecule has 0 radical (unpaired) electrons. The van der Waals surface area contributed by atoms with Gasteiger partial charge in [-0.05, 0) is 41.7 Å². The number of carboxylic acid groups (broad SMARTS) is 1. The summed E-state index contributed by atoms with van der Waals surface area (Å²) < 4.78 is 5.16. The molecule has 3 N–H and O–H groups in total. The van der Waals surface area contributed by atoms with Gasteiger partial charge in [0.05, 0.1) is 13.5 Å². The van der Waals surface area contributed by atoms with Crippen molar-refractivity contribution in [1.82, 2.24) is 0 Å². The van der Waals surface area contributed by atoms with Gasteiger partial charge in [-0.2, -0.15) is 0 Å². The van der Waals surface area contributed by atoms with Crippen molar-refractivity contribution in [3.63, 3.8) is 0 Å². The van der Waals surface area contributed by atoms with Gasteiger partial charge in [0.15, 0.2) is 0 Å². The van der Waals surface area contributed by atoms with Crippen molar-refractivity contribution in [2.75, 3.05) is 7.11 Å². The molecule has 0 saturated heterocycles. The van der Waals surface area contributed by atoms with Gasteiger partial charge in [0, 0.05) is 6.04 Å². The van der Waals surface area contributed by atoms with E-state index >= 15 is 0 Å². The molecule has 0 aliphatic heterocycles. The molecule has 2 rings (SSSR count). The maximum atomic E-state index is 10.8. The van der Waals surface area contributed by atoms with Gasteiger partial charge < -0.3 is 15.6 Å². The quantitative estimate of drug-likeness (QED) is 0.790. The number of rotatable bonds is 3. The Labute approximate surface area is 94.0 Å². The molecule has 1 unspecified atom stereocenters. The first-order valence-corrected chi connectivity index (χ1v) is 5.26. The normalized spacial score (nSPS) is 18.2. The molecule has 0 fully saturated rings. The SMILES string of the molecule is COc1cc(CC(=O)O)c2c(c1)CC(N)C2. The van der Waals surface area contributed by atoms with Gasteiger partial charge in [0.2, 0.25) is 0 Å². The summed E-state index contributed by atoms with van der Waals surface area (Å²) in [5, 5.41) is 8.86. The first kappa shape index (κ1) is 11.0. The highest BCUT2D eigenvalue weighted by Crippen LogP contribution is 2.30. The van der Waals surface area contributed by atoms with Crippen LogP contribution >= 0.6 is 0 Å². The summed E-state index contributed by atoms with van der Waals surface area (Å²) in [4.78, 5) is 10.8. The van der Waals surface area contributed by atoms with Gasteiger partial charge in [0.25, 0.3) is 0 Å². The fraction of sp³-hybridized carbons (Fsp3) is 0.417. The fourth-order valence-corrected chi connectivity index (χ4v) is 2.27. The van der Waals surface area contributed by atoms with E-state index in [2.05, 4.69) is 0 Å². The van der Waals surface area contributed by atoms with E-state index in [4.69, 9.17) is 15.6 Å². The summed E-state index contributed by atoms with van der Waals surface area (Å²) in [6, 6.07) is 3.85. The van der Waals surface area contributed by atoms with Crippen molar-refractivity contribution in [1.29, 1.82) is 0 Å². The standard InChI is InChI=1S/C12H15NO3/c1-16-10-3-7-2-9(13)6-11(7)8(4-10)5-12(14)15/h3-4,9H,2,5-6,13H2,1H3,(H,14,15). The summed E-state index contributed by atoms with van der Waals surface area (Å²) in [5.41, 5.74) is 8.94. The summed E-state index contributed by atoms with van der Waals surface area (Å²) >= 11 is 0. The van der Waals surface area contributed by atoms with Crippen molar-refractivity contribution >= 4 is 5.97 Å². The predicted molar refractivity (Wildman–Crippen MR) is 59.7 cm³/mol. The van der Waals surface area contributed by atoms with Gasteiger partial charge in [-0.25, -0.2) is 0 Å². The van der Waals surface area contributed by atoms with E-state index < -0.39 is 5.97 Å². The lowest BCUT2D eigenvalue weighted by Crippen LogP contribution is -2.19. The van der Waals surface area contributed by atoms with Gasteiger partial charge >= 0.3 is 5.97 Å². The summed E-state index contributed by atoms with van der Waals surface area (Å²) in [6.07, 6.45) is 1.60. The topological polar surface area (TPSA) is 72.5 Å². The largest absolute Gasteiger partial charge is 0.497 e. The lowest BCUT2D eigenvalue weighted by atomic mass is 10.0. The van der Waals surface area contributed by atoms with Crippen molar-refractivity contribution in [2.24, 2.45) is 5.73 Å². The van der Waals surface area contributed by atoms with Crippen molar-refractivity contribution in [3.05, 3.63) is 28.8 Å². The molecule has 1 aliphatic carbocycles. The predicted octanol–water partition coefficient (Wildman–Crippen LogP) is 0.748. The van der Waals surface area contributed by atoms with E-state index in [1.807, 2.05) is 6.07 Å². The molecule has 1 aliphatic rings. The Morgan fingerprint density at radius 1 is 1.56 bits per heavy atom. The third-order valence-corrected chi connectivity index (χ3v) is 2.93. The van der Waals surface area contributed by atoms with E-state index in [1.165, 1.54) is 0 Å². The Morgan fingerprint density at radius 2 is 2.31 bits per heavy atom. The van der Waals surface area contributed by atoms with Crippen molar-refractivity contribution in [2.45, 2.75) is 25.3 Å². The number of hydrogen-bond acceptors (Lipinski definition) is 3. The third-order valence-electron chi connectivity index (χ3n) is 2.93. The molecular formula is C12H15NO3. The van der Waals surface area contributed by atoms with Crippen LogP contribution in [0.1, 0.15) is 16.7 Å². The monoisotopic (exact) mass is 221 g/mol. The Balaban J connectivity index is 2.42. The number of carboxylic acids is 1. The number of hydrogen-bond donors (Lipinski definition) is 2. The third kappa shape index (κ3) is 2.02. The minimum absolute atomic E-state index is 0.0340. The molecule has 0 saturated carbocycles. The molecular weight excluding hydrogens is 206 g/mol. The molecule has 86 valence electrons. The smallest absolute Gasteiger partial charge is 0.307 e. The minimum Gasteiger partial charge on any atom is -0.497 e. The second-order valence-electron chi connectivity index (χ2n) is 4.16. The number of nitrogens with two attached hydrogens (primary N) is 1. The molecule has 4 nitrogen and oxygen atoms in total. The molecule has 0 aromatic heterocycles. The van der Waals surface area contributed by atoms with Crippen LogP contribution in [0.4, 0.5) is 0 Å². The van der Waals surface area contributed by atoms with Crippen LogP contribution in [-0.4, -0.2) is 24.2 Å². The second-order valence-corrected chi connectivity index (χ2v) is 4.16. The lowest BCUT2D eigenvalue weighted by molar-refractivity contribution is -0.136. The lowest BCUT2D eigenvalue weighted by Gasteiger charge is -2.09. The molecule has 0 bridgehead atoms. The van der Waals surface area contributed by atoms with Crippen molar-refractivity contribution in [3.8, 4) is 5.75 Å². The van der Waals surface area contributed by atoms with Crippen LogP contribution in [0.3, 0.4) is 0 Å². The summed E-state index contributed by atoms with van der Waals surface area (Å²) in [6.45, 7) is 0. The van der Waals surface area contributed by atoms with Gasteiger partial charge in [0.1, 0.15) is 5.75 Å². The number of aliphatic carboxylic acids is 1. The Bertz CT molecular complexity index is 429. The average molecular weight is 221 g/mol. The van der Waals surface area contributed by atoms with E-state index in [9.17, 15) is 4.79 Å². The highest BCUT2D eigenvalue weighted by atomic mass is 16.5. The van der Waals surface area contributed by atoms with Crippen LogP contribution in [0, 0.1) is 0 Å². The van der Waals surface area contributed by atoms with Gasteiger partial charge in [-0.1, -0.05) is 0 Å². The van der Waals surface area contributed by atoms with E-state index in [-0.39, 0.29) is 12.5 Å². The van der Waals surface area contributed by atoms with Crippen LogP contribution in [0.25, 0.3) is 0 Å². The van der Waals surface area contributed by atoms with E-state index in [1.54, 1.807) is 13.2 Å². The average Bonchev–Trinajstić information content (AvgIpc) is 2.57. The van der Waals surface area contributed by atoms with Crippen LogP contribution in [0.15, 0.2) is 12.1 Å².